The number of fused-ring (bicyclic) bond motifs is 1. The highest BCUT2D eigenvalue weighted by Crippen LogP contribution is 2.34. The van der Waals surface area contributed by atoms with Gasteiger partial charge in [0.2, 0.25) is 5.91 Å². The highest BCUT2D eigenvalue weighted by Gasteiger charge is 2.35. The zero-order valence-corrected chi connectivity index (χ0v) is 19.3. The molecule has 0 radical (unpaired) electrons. The molecule has 9 heteroatoms. The Morgan fingerprint density at radius 1 is 1.16 bits per heavy atom. The molecule has 162 valence electrons. The second-order valence-electron chi connectivity index (χ2n) is 7.39. The van der Waals surface area contributed by atoms with Crippen LogP contribution in [0.4, 0.5) is 11.4 Å². The molecule has 3 aromatic rings. The Hall–Kier alpha value is -2.78. The number of aryl methyl sites for hydroxylation is 1. The van der Waals surface area contributed by atoms with Gasteiger partial charge in [0.15, 0.2) is 0 Å². The van der Waals surface area contributed by atoms with E-state index in [4.69, 9.17) is 0 Å². The van der Waals surface area contributed by atoms with Crippen LogP contribution in [0.3, 0.4) is 0 Å². The van der Waals surface area contributed by atoms with Crippen molar-refractivity contribution in [1.82, 2.24) is 9.78 Å². The Labute approximate surface area is 186 Å². The Kier molecular flexibility index (Phi) is 5.81. The third-order valence-corrected chi connectivity index (χ3v) is 8.15. The topological polar surface area (TPSA) is 84.3 Å². The second kappa shape index (κ2) is 8.39. The molecular formula is C22H24N4O3S2. The van der Waals surface area contributed by atoms with Crippen LogP contribution in [-0.4, -0.2) is 36.9 Å². The molecule has 1 aliphatic heterocycles. The number of carbonyl (C=O) groups excluding carboxylic acids is 1. The zero-order chi connectivity index (χ0) is 22.2. The number of para-hydroxylation sites is 1. The fourth-order valence-corrected chi connectivity index (χ4v) is 6.25. The maximum atomic E-state index is 13.5. The number of rotatable bonds is 6. The Morgan fingerprint density at radius 2 is 1.94 bits per heavy atom. The number of nitrogens with one attached hydrogen (secondary N) is 1. The van der Waals surface area contributed by atoms with Crippen LogP contribution in [0.1, 0.15) is 17.0 Å². The lowest BCUT2D eigenvalue weighted by atomic mass is 10.2. The minimum atomic E-state index is -3.78. The van der Waals surface area contributed by atoms with E-state index in [9.17, 15) is 13.2 Å². The van der Waals surface area contributed by atoms with E-state index < -0.39 is 10.0 Å². The number of hydrogen-bond donors (Lipinski definition) is 1. The van der Waals surface area contributed by atoms with Gasteiger partial charge in [0.25, 0.3) is 10.0 Å². The first-order valence-electron chi connectivity index (χ1n) is 9.90. The molecule has 0 bridgehead atoms. The first-order chi connectivity index (χ1) is 14.8. The fraction of sp³-hybridized carbons (Fsp3) is 0.273. The van der Waals surface area contributed by atoms with E-state index in [1.807, 2.05) is 54.8 Å². The van der Waals surface area contributed by atoms with Crippen LogP contribution < -0.4 is 9.62 Å². The number of hydrogen-bond acceptors (Lipinski definition) is 5. The standard InChI is InChI=1S/C22H24N4O3S2/c1-15-22(31(28,29)26-12-11-17-7-4-5-10-20(17)26)16(2)25(24-15)14-21(27)23-18-8-6-9-19(13-18)30-3/h4-10,13H,11-12,14H2,1-3H3,(H,23,27). The molecule has 1 aromatic heterocycles. The minimum absolute atomic E-state index is 0.0672. The van der Waals surface area contributed by atoms with Crippen LogP contribution in [0, 0.1) is 13.8 Å². The number of carbonyl (C=O) groups is 1. The third kappa shape index (κ3) is 4.07. The van der Waals surface area contributed by atoms with Gasteiger partial charge in [-0.05, 0) is 56.4 Å². The highest BCUT2D eigenvalue weighted by molar-refractivity contribution is 7.98. The normalized spacial score (nSPS) is 13.3. The molecule has 2 heterocycles. The molecule has 1 aliphatic rings. The molecule has 0 aliphatic carbocycles. The molecule has 0 atom stereocenters. The van der Waals surface area contributed by atoms with Crippen molar-refractivity contribution in [2.24, 2.45) is 0 Å². The van der Waals surface area contributed by atoms with E-state index in [-0.39, 0.29) is 17.3 Å². The largest absolute Gasteiger partial charge is 0.324 e. The summed E-state index contributed by atoms with van der Waals surface area (Å²) >= 11 is 1.59. The summed E-state index contributed by atoms with van der Waals surface area (Å²) in [5.74, 6) is -0.265. The Balaban J connectivity index is 1.58. The molecule has 4 rings (SSSR count). The average molecular weight is 457 g/mol. The predicted octanol–water partition coefficient (Wildman–Crippen LogP) is 3.61. The van der Waals surface area contributed by atoms with Gasteiger partial charge in [-0.3, -0.25) is 13.8 Å². The van der Waals surface area contributed by atoms with Gasteiger partial charge in [0, 0.05) is 17.1 Å². The van der Waals surface area contributed by atoms with Crippen LogP contribution in [0.25, 0.3) is 0 Å². The van der Waals surface area contributed by atoms with Gasteiger partial charge in [0.05, 0.1) is 17.1 Å². The van der Waals surface area contributed by atoms with Crippen LogP contribution in [0.2, 0.25) is 0 Å². The molecule has 0 unspecified atom stereocenters. The summed E-state index contributed by atoms with van der Waals surface area (Å²) in [5, 5.41) is 7.22. The van der Waals surface area contributed by atoms with Crippen molar-refractivity contribution in [2.75, 3.05) is 22.4 Å². The lowest BCUT2D eigenvalue weighted by Crippen LogP contribution is -2.30. The maximum Gasteiger partial charge on any atom is 0.268 e. The fourth-order valence-electron chi connectivity index (χ4n) is 3.91. The smallest absolute Gasteiger partial charge is 0.268 e. The molecule has 0 fully saturated rings. The van der Waals surface area contributed by atoms with E-state index in [0.29, 0.717) is 35.7 Å². The predicted molar refractivity (Wildman–Crippen MR) is 123 cm³/mol. The lowest BCUT2D eigenvalue weighted by Gasteiger charge is -2.19. The van der Waals surface area contributed by atoms with Gasteiger partial charge in [0.1, 0.15) is 11.4 Å². The van der Waals surface area contributed by atoms with Crippen molar-refractivity contribution < 1.29 is 13.2 Å². The summed E-state index contributed by atoms with van der Waals surface area (Å²) < 4.78 is 29.8. The molecule has 7 nitrogen and oxygen atoms in total. The van der Waals surface area contributed by atoms with E-state index in [2.05, 4.69) is 10.4 Å². The first kappa shape index (κ1) is 21.5. The number of thioether (sulfide) groups is 1. The van der Waals surface area contributed by atoms with Crippen molar-refractivity contribution in [3.05, 3.63) is 65.5 Å². The molecule has 2 aromatic carbocycles. The number of benzene rings is 2. The summed E-state index contributed by atoms with van der Waals surface area (Å²) in [4.78, 5) is 13.8. The summed E-state index contributed by atoms with van der Waals surface area (Å²) in [5.41, 5.74) is 3.26. The number of nitrogens with zero attached hydrogens (tertiary/aromatic N) is 3. The van der Waals surface area contributed by atoms with Crippen LogP contribution in [0.15, 0.2) is 58.3 Å². The average Bonchev–Trinajstić information content (AvgIpc) is 3.29. The molecule has 1 N–H and O–H groups in total. The first-order valence-corrected chi connectivity index (χ1v) is 12.6. The zero-order valence-electron chi connectivity index (χ0n) is 17.6. The molecule has 31 heavy (non-hydrogen) atoms. The van der Waals surface area contributed by atoms with Gasteiger partial charge in [-0.1, -0.05) is 24.3 Å². The SMILES string of the molecule is CSc1cccc(NC(=O)Cn2nc(C)c(S(=O)(=O)N3CCc4ccccc43)c2C)c1. The molecular weight excluding hydrogens is 432 g/mol. The number of amides is 1. The molecule has 0 spiro atoms. The van der Waals surface area contributed by atoms with Crippen molar-refractivity contribution in [3.8, 4) is 0 Å². The maximum absolute atomic E-state index is 13.5. The Morgan fingerprint density at radius 3 is 2.71 bits per heavy atom. The summed E-state index contributed by atoms with van der Waals surface area (Å²) in [6.45, 7) is 3.69. The molecule has 0 saturated heterocycles. The van der Waals surface area contributed by atoms with E-state index in [1.54, 1.807) is 25.6 Å². The van der Waals surface area contributed by atoms with Crippen molar-refractivity contribution in [3.63, 3.8) is 0 Å². The van der Waals surface area contributed by atoms with Gasteiger partial charge in [-0.15, -0.1) is 11.8 Å². The second-order valence-corrected chi connectivity index (χ2v) is 10.1. The monoisotopic (exact) mass is 456 g/mol. The van der Waals surface area contributed by atoms with E-state index in [0.717, 1.165) is 10.5 Å². The number of aromatic nitrogens is 2. The van der Waals surface area contributed by atoms with Gasteiger partial charge in [-0.2, -0.15) is 5.10 Å². The number of sulfonamides is 1. The lowest BCUT2D eigenvalue weighted by molar-refractivity contribution is -0.116. The van der Waals surface area contributed by atoms with Crippen molar-refractivity contribution in [2.45, 2.75) is 36.6 Å². The summed E-state index contributed by atoms with van der Waals surface area (Å²) in [7, 11) is -3.78. The van der Waals surface area contributed by atoms with Crippen LogP contribution in [-0.2, 0) is 27.8 Å². The van der Waals surface area contributed by atoms with Crippen LogP contribution >= 0.6 is 11.8 Å². The van der Waals surface area contributed by atoms with Gasteiger partial charge >= 0.3 is 0 Å². The van der Waals surface area contributed by atoms with Crippen molar-refractivity contribution in [1.29, 1.82) is 0 Å². The van der Waals surface area contributed by atoms with Gasteiger partial charge in [-0.25, -0.2) is 8.42 Å². The number of anilines is 2. The van der Waals surface area contributed by atoms with E-state index in [1.165, 1.54) is 8.99 Å². The van der Waals surface area contributed by atoms with E-state index >= 15 is 0 Å². The minimum Gasteiger partial charge on any atom is -0.324 e. The van der Waals surface area contributed by atoms with Crippen LogP contribution in [0.5, 0.6) is 0 Å². The summed E-state index contributed by atoms with van der Waals surface area (Å²) in [6.07, 6.45) is 2.65. The summed E-state index contributed by atoms with van der Waals surface area (Å²) in [6, 6.07) is 15.1. The Bertz CT molecular complexity index is 1250. The van der Waals surface area contributed by atoms with Gasteiger partial charge < -0.3 is 5.32 Å². The highest BCUT2D eigenvalue weighted by atomic mass is 32.2. The molecule has 0 saturated carbocycles. The quantitative estimate of drug-likeness (QED) is 0.573. The third-order valence-electron chi connectivity index (χ3n) is 5.35. The molecule has 1 amide bonds. The van der Waals surface area contributed by atoms with Crippen molar-refractivity contribution >= 4 is 39.1 Å².